The van der Waals surface area contributed by atoms with E-state index in [1.807, 2.05) is 11.3 Å². The summed E-state index contributed by atoms with van der Waals surface area (Å²) in [5.74, 6) is 2.11. The second-order valence-electron chi connectivity index (χ2n) is 6.36. The zero-order chi connectivity index (χ0) is 14.2. The highest BCUT2D eigenvalue weighted by atomic mass is 32.1. The number of aryl methyl sites for hydroxylation is 3. The largest absolute Gasteiger partial charge is 0.367 e. The fourth-order valence-corrected chi connectivity index (χ4v) is 5.02. The van der Waals surface area contributed by atoms with Gasteiger partial charge in [0.15, 0.2) is 0 Å². The lowest BCUT2D eigenvalue weighted by Crippen LogP contribution is -2.23. The summed E-state index contributed by atoms with van der Waals surface area (Å²) < 4.78 is 0. The molecule has 4 heteroatoms. The Morgan fingerprint density at radius 2 is 1.95 bits per heavy atom. The Hall–Kier alpha value is -1.16. The molecule has 112 valence electrons. The lowest BCUT2D eigenvalue weighted by molar-refractivity contribution is 0.462. The van der Waals surface area contributed by atoms with Crippen molar-refractivity contribution in [1.29, 1.82) is 0 Å². The molecule has 0 radical (unpaired) electrons. The molecule has 2 aliphatic carbocycles. The van der Waals surface area contributed by atoms with Crippen molar-refractivity contribution in [3.05, 3.63) is 16.3 Å². The first-order chi connectivity index (χ1) is 10.3. The van der Waals surface area contributed by atoms with Crippen LogP contribution < -0.4 is 5.32 Å². The minimum atomic E-state index is 0.610. The van der Waals surface area contributed by atoms with E-state index in [9.17, 15) is 0 Å². The number of nitrogens with one attached hydrogen (secondary N) is 1. The Morgan fingerprint density at radius 3 is 2.76 bits per heavy atom. The van der Waals surface area contributed by atoms with E-state index >= 15 is 0 Å². The van der Waals surface area contributed by atoms with Gasteiger partial charge in [0.1, 0.15) is 16.5 Å². The molecule has 0 aliphatic heterocycles. The lowest BCUT2D eigenvalue weighted by atomic mass is 9.95. The van der Waals surface area contributed by atoms with Crippen molar-refractivity contribution in [2.24, 2.45) is 0 Å². The molecule has 0 bridgehead atoms. The molecule has 0 amide bonds. The first-order valence-electron chi connectivity index (χ1n) is 8.43. The van der Waals surface area contributed by atoms with Gasteiger partial charge in [0.2, 0.25) is 0 Å². The number of fused-ring (bicyclic) bond motifs is 3. The number of aromatic nitrogens is 2. The molecule has 4 rings (SSSR count). The van der Waals surface area contributed by atoms with Gasteiger partial charge in [0.05, 0.1) is 5.39 Å². The van der Waals surface area contributed by atoms with Crippen molar-refractivity contribution in [3.8, 4) is 0 Å². The Bertz CT molecular complexity index is 656. The van der Waals surface area contributed by atoms with Crippen molar-refractivity contribution in [2.45, 2.75) is 70.8 Å². The van der Waals surface area contributed by atoms with E-state index in [1.165, 1.54) is 67.1 Å². The van der Waals surface area contributed by atoms with E-state index in [4.69, 9.17) is 9.97 Å². The molecule has 1 fully saturated rings. The molecule has 2 aromatic heterocycles. The molecule has 0 atom stereocenters. The van der Waals surface area contributed by atoms with Gasteiger partial charge in [-0.2, -0.15) is 0 Å². The molecular weight excluding hydrogens is 278 g/mol. The molecule has 1 saturated carbocycles. The van der Waals surface area contributed by atoms with Gasteiger partial charge in [-0.1, -0.05) is 26.2 Å². The van der Waals surface area contributed by atoms with Gasteiger partial charge >= 0.3 is 0 Å². The zero-order valence-corrected chi connectivity index (χ0v) is 13.6. The zero-order valence-electron chi connectivity index (χ0n) is 12.7. The van der Waals surface area contributed by atoms with Gasteiger partial charge in [0, 0.05) is 17.3 Å². The summed E-state index contributed by atoms with van der Waals surface area (Å²) >= 11 is 1.90. The maximum atomic E-state index is 4.85. The van der Waals surface area contributed by atoms with Crippen LogP contribution in [0.3, 0.4) is 0 Å². The maximum Gasteiger partial charge on any atom is 0.139 e. The molecule has 0 aromatic carbocycles. The fraction of sp³-hybridized carbons (Fsp3) is 0.647. The summed E-state index contributed by atoms with van der Waals surface area (Å²) in [6, 6.07) is 0.610. The maximum absolute atomic E-state index is 4.85. The predicted octanol–water partition coefficient (Wildman–Crippen LogP) is 4.49. The van der Waals surface area contributed by atoms with Crippen LogP contribution in [-0.4, -0.2) is 16.0 Å². The van der Waals surface area contributed by atoms with Gasteiger partial charge < -0.3 is 5.32 Å². The van der Waals surface area contributed by atoms with E-state index in [2.05, 4.69) is 12.2 Å². The molecule has 3 nitrogen and oxygen atoms in total. The quantitative estimate of drug-likeness (QED) is 0.908. The van der Waals surface area contributed by atoms with Crippen LogP contribution in [0.25, 0.3) is 10.2 Å². The third kappa shape index (κ3) is 2.44. The monoisotopic (exact) mass is 301 g/mol. The van der Waals surface area contributed by atoms with Gasteiger partial charge in [0.25, 0.3) is 0 Å². The first kappa shape index (κ1) is 13.5. The van der Waals surface area contributed by atoms with Gasteiger partial charge in [-0.15, -0.1) is 11.3 Å². The Balaban J connectivity index is 1.77. The second-order valence-corrected chi connectivity index (χ2v) is 7.44. The van der Waals surface area contributed by atoms with Crippen LogP contribution >= 0.6 is 11.3 Å². The number of hydrogen-bond donors (Lipinski definition) is 1. The van der Waals surface area contributed by atoms with E-state index in [0.717, 1.165) is 18.1 Å². The summed E-state index contributed by atoms with van der Waals surface area (Å²) in [4.78, 5) is 12.4. The van der Waals surface area contributed by atoms with E-state index in [1.54, 1.807) is 4.88 Å². The SMILES string of the molecule is CCc1nc(NC2CCCCC2)c2c3c(sc2n1)CCC3. The molecule has 21 heavy (non-hydrogen) atoms. The highest BCUT2D eigenvalue weighted by Gasteiger charge is 2.23. The fourth-order valence-electron chi connectivity index (χ4n) is 3.74. The number of thiophene rings is 1. The standard InChI is InChI=1S/C17H23N3S/c1-2-14-19-16(18-11-7-4-3-5-8-11)15-12-9-6-10-13(12)21-17(15)20-14/h11H,2-10H2,1H3,(H,18,19,20). The van der Waals surface area contributed by atoms with Crippen molar-refractivity contribution in [3.63, 3.8) is 0 Å². The Labute approximate surface area is 130 Å². The number of nitrogens with zero attached hydrogens (tertiary/aromatic N) is 2. The van der Waals surface area contributed by atoms with Gasteiger partial charge in [-0.3, -0.25) is 0 Å². The van der Waals surface area contributed by atoms with Crippen LogP contribution in [0.2, 0.25) is 0 Å². The number of rotatable bonds is 3. The highest BCUT2D eigenvalue weighted by molar-refractivity contribution is 7.19. The predicted molar refractivity (Wildman–Crippen MR) is 89.3 cm³/mol. The Kier molecular flexibility index (Phi) is 3.57. The molecular formula is C17H23N3S. The molecule has 2 heterocycles. The average Bonchev–Trinajstić information content (AvgIpc) is 3.08. The molecule has 0 unspecified atom stereocenters. The normalized spacial score (nSPS) is 19.1. The second kappa shape index (κ2) is 5.56. The number of anilines is 1. The Morgan fingerprint density at radius 1 is 1.10 bits per heavy atom. The summed E-state index contributed by atoms with van der Waals surface area (Å²) in [6.45, 7) is 2.15. The van der Waals surface area contributed by atoms with E-state index in [0.29, 0.717) is 6.04 Å². The molecule has 0 saturated heterocycles. The van der Waals surface area contributed by atoms with Gasteiger partial charge in [-0.25, -0.2) is 9.97 Å². The smallest absolute Gasteiger partial charge is 0.139 e. The van der Waals surface area contributed by atoms with Crippen LogP contribution in [0.4, 0.5) is 5.82 Å². The van der Waals surface area contributed by atoms with Crippen LogP contribution in [0.15, 0.2) is 0 Å². The van der Waals surface area contributed by atoms with Crippen molar-refractivity contribution < 1.29 is 0 Å². The third-order valence-electron chi connectivity index (χ3n) is 4.87. The summed E-state index contributed by atoms with van der Waals surface area (Å²) in [7, 11) is 0. The van der Waals surface area contributed by atoms with E-state index < -0.39 is 0 Å². The summed E-state index contributed by atoms with van der Waals surface area (Å²) in [6.07, 6.45) is 11.4. The van der Waals surface area contributed by atoms with Crippen molar-refractivity contribution in [2.75, 3.05) is 5.32 Å². The molecule has 2 aromatic rings. The summed E-state index contributed by atoms with van der Waals surface area (Å²) in [5.41, 5.74) is 1.54. The summed E-state index contributed by atoms with van der Waals surface area (Å²) in [5, 5.41) is 5.11. The molecule has 2 aliphatic rings. The first-order valence-corrected chi connectivity index (χ1v) is 9.24. The van der Waals surface area contributed by atoms with E-state index in [-0.39, 0.29) is 0 Å². The third-order valence-corrected chi connectivity index (χ3v) is 6.06. The lowest BCUT2D eigenvalue weighted by Gasteiger charge is -2.24. The topological polar surface area (TPSA) is 37.8 Å². The molecule has 0 spiro atoms. The highest BCUT2D eigenvalue weighted by Crippen LogP contribution is 2.40. The minimum absolute atomic E-state index is 0.610. The van der Waals surface area contributed by atoms with Crippen LogP contribution in [-0.2, 0) is 19.3 Å². The van der Waals surface area contributed by atoms with Crippen LogP contribution in [0, 0.1) is 0 Å². The average molecular weight is 301 g/mol. The van der Waals surface area contributed by atoms with Crippen molar-refractivity contribution in [1.82, 2.24) is 9.97 Å². The van der Waals surface area contributed by atoms with Crippen LogP contribution in [0.5, 0.6) is 0 Å². The van der Waals surface area contributed by atoms with Gasteiger partial charge in [-0.05, 0) is 37.7 Å². The van der Waals surface area contributed by atoms with Crippen molar-refractivity contribution >= 4 is 27.4 Å². The van der Waals surface area contributed by atoms with Crippen LogP contribution in [0.1, 0.15) is 61.7 Å². The number of hydrogen-bond acceptors (Lipinski definition) is 4. The molecule has 1 N–H and O–H groups in total. The minimum Gasteiger partial charge on any atom is -0.367 e.